The van der Waals surface area contributed by atoms with Crippen LogP contribution in [0.25, 0.3) is 0 Å². The summed E-state index contributed by atoms with van der Waals surface area (Å²) in [5.41, 5.74) is 0. The van der Waals surface area contributed by atoms with E-state index in [9.17, 15) is 18.0 Å². The highest BCUT2D eigenvalue weighted by Crippen LogP contribution is 2.05. The number of rotatable bonds is 6. The summed E-state index contributed by atoms with van der Waals surface area (Å²) in [7, 11) is -3.64. The van der Waals surface area contributed by atoms with Gasteiger partial charge in [-0.3, -0.25) is 19.9 Å². The van der Waals surface area contributed by atoms with Crippen LogP contribution in [0.1, 0.15) is 6.42 Å². The molecule has 94 valence electrons. The molecule has 0 atom stereocenters. The first-order valence-electron chi connectivity index (χ1n) is 4.82. The number of sulfone groups is 1. The number of carboxylic acid groups (broad SMARTS) is 1. The number of carbonyl (C=O) groups is 2. The summed E-state index contributed by atoms with van der Waals surface area (Å²) < 4.78 is 22.4. The van der Waals surface area contributed by atoms with Gasteiger partial charge in [0.1, 0.15) is 11.6 Å². The van der Waals surface area contributed by atoms with Gasteiger partial charge in [0.2, 0.25) is 0 Å². The fourth-order valence-corrected chi connectivity index (χ4v) is 2.47. The van der Waals surface area contributed by atoms with Crippen LogP contribution in [-0.4, -0.2) is 54.2 Å². The Morgan fingerprint density at radius 1 is 1.41 bits per heavy atom. The molecule has 0 saturated heterocycles. The second kappa shape index (κ2) is 5.09. The highest BCUT2D eigenvalue weighted by molar-refractivity contribution is 7.92. The van der Waals surface area contributed by atoms with E-state index in [1.165, 1.54) is 12.2 Å². The highest BCUT2D eigenvalue weighted by Gasteiger charge is 2.21. The molecule has 0 spiro atoms. The monoisotopic (exact) mass is 260 g/mol. The summed E-state index contributed by atoms with van der Waals surface area (Å²) in [6.45, 7) is 0.101. The first-order valence-corrected chi connectivity index (χ1v) is 6.64. The first-order chi connectivity index (χ1) is 7.82. The lowest BCUT2D eigenvalue weighted by atomic mass is 10.4. The van der Waals surface area contributed by atoms with Crippen LogP contribution in [0.3, 0.4) is 0 Å². The standard InChI is InChI=1S/C9H12N2O5S/c10-7-2-3-8(12)11(7)4-1-5-17(15,16)6-9(13)14/h2-3,10H,1,4-6H2,(H,13,14). The summed E-state index contributed by atoms with van der Waals surface area (Å²) in [6, 6.07) is 0. The number of carbonyl (C=O) groups excluding carboxylic acids is 1. The molecule has 0 radical (unpaired) electrons. The van der Waals surface area contributed by atoms with Crippen molar-refractivity contribution in [2.24, 2.45) is 0 Å². The predicted octanol–water partition coefficient (Wildman–Crippen LogP) is -0.748. The lowest BCUT2D eigenvalue weighted by Gasteiger charge is -2.15. The zero-order chi connectivity index (χ0) is 13.1. The molecular formula is C9H12N2O5S. The van der Waals surface area contributed by atoms with Crippen LogP contribution in [0, 0.1) is 5.41 Å². The van der Waals surface area contributed by atoms with Crippen molar-refractivity contribution in [2.75, 3.05) is 18.1 Å². The van der Waals surface area contributed by atoms with Crippen molar-refractivity contribution in [1.29, 1.82) is 5.41 Å². The minimum atomic E-state index is -3.64. The quantitative estimate of drug-likeness (QED) is 0.652. The van der Waals surface area contributed by atoms with Crippen LogP contribution in [0.4, 0.5) is 0 Å². The number of hydrogen-bond acceptors (Lipinski definition) is 5. The molecule has 0 aliphatic carbocycles. The second-order valence-corrected chi connectivity index (χ2v) is 5.73. The molecule has 0 aromatic rings. The number of aliphatic carboxylic acids is 1. The Bertz CT molecular complexity index is 462. The van der Waals surface area contributed by atoms with Gasteiger partial charge in [-0.25, -0.2) is 8.42 Å². The Morgan fingerprint density at radius 3 is 2.53 bits per heavy atom. The summed E-state index contributed by atoms with van der Waals surface area (Å²) in [4.78, 5) is 22.6. The van der Waals surface area contributed by atoms with Crippen molar-refractivity contribution < 1.29 is 23.1 Å². The smallest absolute Gasteiger partial charge is 0.318 e. The van der Waals surface area contributed by atoms with E-state index in [1.54, 1.807) is 0 Å². The average Bonchev–Trinajstić information content (AvgIpc) is 2.46. The average molecular weight is 260 g/mol. The normalized spacial score (nSPS) is 15.6. The van der Waals surface area contributed by atoms with Gasteiger partial charge in [0.25, 0.3) is 5.91 Å². The van der Waals surface area contributed by atoms with Crippen LogP contribution in [0.5, 0.6) is 0 Å². The molecular weight excluding hydrogens is 248 g/mol. The Labute approximate surface area is 98.2 Å². The van der Waals surface area contributed by atoms with E-state index < -0.39 is 21.6 Å². The van der Waals surface area contributed by atoms with Crippen LogP contribution in [0.15, 0.2) is 12.2 Å². The Hall–Kier alpha value is -1.70. The molecule has 0 aromatic heterocycles. The molecule has 0 unspecified atom stereocenters. The van der Waals surface area contributed by atoms with E-state index in [0.717, 1.165) is 4.90 Å². The van der Waals surface area contributed by atoms with Gasteiger partial charge in [0.15, 0.2) is 9.84 Å². The Kier molecular flexibility index (Phi) is 4.00. The van der Waals surface area contributed by atoms with Crippen LogP contribution in [-0.2, 0) is 19.4 Å². The van der Waals surface area contributed by atoms with Gasteiger partial charge < -0.3 is 5.11 Å². The molecule has 0 aromatic carbocycles. The van der Waals surface area contributed by atoms with Gasteiger partial charge in [-0.15, -0.1) is 0 Å². The topological polar surface area (TPSA) is 116 Å². The number of carboxylic acids is 1. The molecule has 0 saturated carbocycles. The first kappa shape index (κ1) is 13.4. The number of hydrogen-bond donors (Lipinski definition) is 2. The summed E-state index contributed by atoms with van der Waals surface area (Å²) in [5.74, 6) is -2.94. The third kappa shape index (κ3) is 3.99. The molecule has 17 heavy (non-hydrogen) atoms. The number of amidine groups is 1. The fraction of sp³-hybridized carbons (Fsp3) is 0.444. The van der Waals surface area contributed by atoms with E-state index in [1.807, 2.05) is 0 Å². The van der Waals surface area contributed by atoms with Gasteiger partial charge in [-0.2, -0.15) is 0 Å². The molecule has 1 aliphatic heterocycles. The van der Waals surface area contributed by atoms with Crippen molar-refractivity contribution in [3.05, 3.63) is 12.2 Å². The van der Waals surface area contributed by atoms with E-state index in [0.29, 0.717) is 0 Å². The number of amides is 1. The molecule has 0 bridgehead atoms. The minimum Gasteiger partial charge on any atom is -0.480 e. The molecule has 0 fully saturated rings. The maximum Gasteiger partial charge on any atom is 0.318 e. The lowest BCUT2D eigenvalue weighted by Crippen LogP contribution is -2.32. The van der Waals surface area contributed by atoms with E-state index in [4.69, 9.17) is 10.5 Å². The number of nitrogens with one attached hydrogen (secondary N) is 1. The van der Waals surface area contributed by atoms with Crippen molar-refractivity contribution in [3.63, 3.8) is 0 Å². The SMILES string of the molecule is N=C1C=CC(=O)N1CCCS(=O)(=O)CC(=O)O. The van der Waals surface area contributed by atoms with E-state index in [2.05, 4.69) is 0 Å². The molecule has 1 amide bonds. The van der Waals surface area contributed by atoms with Gasteiger partial charge in [0.05, 0.1) is 5.75 Å². The highest BCUT2D eigenvalue weighted by atomic mass is 32.2. The van der Waals surface area contributed by atoms with Crippen molar-refractivity contribution in [2.45, 2.75) is 6.42 Å². The summed E-state index contributed by atoms with van der Waals surface area (Å²) in [5, 5.41) is 15.7. The molecule has 1 rings (SSSR count). The Balaban J connectivity index is 2.41. The third-order valence-corrected chi connectivity index (χ3v) is 3.72. The largest absolute Gasteiger partial charge is 0.480 e. The van der Waals surface area contributed by atoms with E-state index >= 15 is 0 Å². The van der Waals surface area contributed by atoms with Crippen LogP contribution in [0.2, 0.25) is 0 Å². The third-order valence-electron chi connectivity index (χ3n) is 2.12. The fourth-order valence-electron chi connectivity index (χ4n) is 1.38. The Morgan fingerprint density at radius 2 is 2.06 bits per heavy atom. The molecule has 1 aliphatic rings. The molecule has 2 N–H and O–H groups in total. The lowest BCUT2D eigenvalue weighted by molar-refractivity contribution is -0.134. The van der Waals surface area contributed by atoms with Crippen LogP contribution < -0.4 is 0 Å². The summed E-state index contributed by atoms with van der Waals surface area (Å²) in [6.07, 6.45) is 2.67. The maximum absolute atomic E-state index is 11.2. The second-order valence-electron chi connectivity index (χ2n) is 3.55. The maximum atomic E-state index is 11.2. The number of nitrogens with zero attached hydrogens (tertiary/aromatic N) is 1. The van der Waals surface area contributed by atoms with Gasteiger partial charge in [-0.1, -0.05) is 0 Å². The predicted molar refractivity (Wildman–Crippen MR) is 59.5 cm³/mol. The minimum absolute atomic E-state index is 0.0191. The van der Waals surface area contributed by atoms with Crippen LogP contribution >= 0.6 is 0 Å². The molecule has 7 nitrogen and oxygen atoms in total. The van der Waals surface area contributed by atoms with E-state index in [-0.39, 0.29) is 30.5 Å². The van der Waals surface area contributed by atoms with Crippen molar-refractivity contribution in [1.82, 2.24) is 4.90 Å². The zero-order valence-corrected chi connectivity index (χ0v) is 9.74. The molecule has 8 heteroatoms. The zero-order valence-electron chi connectivity index (χ0n) is 8.92. The van der Waals surface area contributed by atoms with Crippen molar-refractivity contribution >= 4 is 27.5 Å². The summed E-state index contributed by atoms with van der Waals surface area (Å²) >= 11 is 0. The van der Waals surface area contributed by atoms with Gasteiger partial charge >= 0.3 is 5.97 Å². The molecule has 1 heterocycles. The van der Waals surface area contributed by atoms with Gasteiger partial charge in [-0.05, 0) is 12.5 Å². The van der Waals surface area contributed by atoms with Gasteiger partial charge in [0, 0.05) is 12.6 Å². The van der Waals surface area contributed by atoms with Crippen molar-refractivity contribution in [3.8, 4) is 0 Å².